The maximum absolute atomic E-state index is 12.9. The van der Waals surface area contributed by atoms with Gasteiger partial charge in [0.25, 0.3) is 0 Å². The minimum Gasteiger partial charge on any atom is -0.457 e. The zero-order chi connectivity index (χ0) is 43.2. The van der Waals surface area contributed by atoms with E-state index in [1.165, 1.54) is 103 Å². The minimum atomic E-state index is -5.06. The molecule has 346 valence electrons. The highest BCUT2D eigenvalue weighted by molar-refractivity contribution is 7.80. The molecule has 0 aromatic rings. The van der Waals surface area contributed by atoms with Gasteiger partial charge in [0.15, 0.2) is 6.29 Å². The number of hydrogen-bond acceptors (Lipinski definition) is 11. The van der Waals surface area contributed by atoms with Gasteiger partial charge >= 0.3 is 16.4 Å². The Morgan fingerprint density at radius 2 is 1.12 bits per heavy atom. The monoisotopic (exact) mass is 861 g/mol. The van der Waals surface area contributed by atoms with Gasteiger partial charge in [-0.1, -0.05) is 147 Å². The summed E-state index contributed by atoms with van der Waals surface area (Å²) in [4.78, 5) is 12.9. The third kappa shape index (κ3) is 31.8. The topological polar surface area (TPSA) is 178 Å². The first-order valence-electron chi connectivity index (χ1n) is 23.2. The lowest BCUT2D eigenvalue weighted by Gasteiger charge is -2.41. The molecule has 6 unspecified atom stereocenters. The van der Waals surface area contributed by atoms with Crippen LogP contribution in [0.2, 0.25) is 0 Å². The molecule has 1 saturated heterocycles. The summed E-state index contributed by atoms with van der Waals surface area (Å²) < 4.78 is 59.0. The summed E-state index contributed by atoms with van der Waals surface area (Å²) in [5, 5.41) is 30.7. The van der Waals surface area contributed by atoms with Gasteiger partial charge in [-0.2, -0.15) is 8.42 Å². The average molecular weight is 861 g/mol. The molecule has 0 saturated carbocycles. The Labute approximate surface area is 358 Å². The maximum atomic E-state index is 12.9. The van der Waals surface area contributed by atoms with Gasteiger partial charge in [-0.05, 0) is 70.6 Å². The summed E-state index contributed by atoms with van der Waals surface area (Å²) in [6, 6.07) is 0. The molecule has 1 heterocycles. The predicted octanol–water partition coefficient (Wildman–Crippen LogP) is 9.80. The molecule has 0 radical (unpaired) electrons. The van der Waals surface area contributed by atoms with Crippen LogP contribution in [0.1, 0.15) is 187 Å². The van der Waals surface area contributed by atoms with Gasteiger partial charge in [-0.25, -0.2) is 4.18 Å². The largest absolute Gasteiger partial charge is 0.457 e. The van der Waals surface area contributed by atoms with Gasteiger partial charge in [0.1, 0.15) is 30.5 Å². The first kappa shape index (κ1) is 55.3. The number of carbonyl (C=O) groups is 1. The summed E-state index contributed by atoms with van der Waals surface area (Å²) in [5.74, 6) is -0.406. The Kier molecular flexibility index (Phi) is 35.7. The normalized spacial score (nSPS) is 20.7. The molecule has 4 N–H and O–H groups in total. The van der Waals surface area contributed by atoms with Crippen LogP contribution < -0.4 is 0 Å². The van der Waals surface area contributed by atoms with Crippen LogP contribution in [-0.4, -0.2) is 97.5 Å². The first-order chi connectivity index (χ1) is 28.6. The fraction of sp³-hybridized carbons (Fsp3) is 0.848. The first-order valence-corrected chi connectivity index (χ1v) is 24.6. The maximum Gasteiger partial charge on any atom is 0.397 e. The number of rotatable bonds is 40. The number of aliphatic hydroxyl groups excluding tert-OH is 3. The molecule has 12 nitrogen and oxygen atoms in total. The molecule has 0 aromatic heterocycles. The molecule has 0 aromatic carbocycles. The van der Waals surface area contributed by atoms with Gasteiger partial charge in [0.05, 0.1) is 19.8 Å². The number of allylic oxidation sites excluding steroid dienone is 6. The van der Waals surface area contributed by atoms with E-state index in [-0.39, 0.29) is 19.6 Å². The number of carbonyl (C=O) groups excluding carboxylic acids is 1. The van der Waals surface area contributed by atoms with Crippen molar-refractivity contribution in [3.05, 3.63) is 36.5 Å². The van der Waals surface area contributed by atoms with Crippen molar-refractivity contribution in [2.75, 3.05) is 26.4 Å². The highest BCUT2D eigenvalue weighted by Crippen LogP contribution is 2.26. The molecule has 0 spiro atoms. The fourth-order valence-electron chi connectivity index (χ4n) is 6.93. The fourth-order valence-corrected chi connectivity index (χ4v) is 7.44. The lowest BCUT2D eigenvalue weighted by atomic mass is 9.99. The second kappa shape index (κ2) is 38.0. The molecular weight excluding hydrogens is 777 g/mol. The SMILES string of the molecule is CCCCC/C=C\C/C=C\CCCCCCCCCCCC(=O)OC(COCCCCCCCC/C=C\CCCCC)COC1OC(CO)C(O)C(OS(=O)(=O)O)C1O. The van der Waals surface area contributed by atoms with Crippen molar-refractivity contribution < 1.29 is 56.2 Å². The van der Waals surface area contributed by atoms with Crippen molar-refractivity contribution in [1.29, 1.82) is 0 Å². The van der Waals surface area contributed by atoms with Crippen molar-refractivity contribution in [2.24, 2.45) is 0 Å². The van der Waals surface area contributed by atoms with Crippen LogP contribution in [0.3, 0.4) is 0 Å². The van der Waals surface area contributed by atoms with E-state index >= 15 is 0 Å². The van der Waals surface area contributed by atoms with Crippen LogP contribution in [0.4, 0.5) is 0 Å². The van der Waals surface area contributed by atoms with Crippen LogP contribution >= 0.6 is 0 Å². The van der Waals surface area contributed by atoms with E-state index in [1.54, 1.807) is 0 Å². The summed E-state index contributed by atoms with van der Waals surface area (Å²) in [6.07, 6.45) is 34.6. The summed E-state index contributed by atoms with van der Waals surface area (Å²) in [5.41, 5.74) is 0. The molecule has 59 heavy (non-hydrogen) atoms. The van der Waals surface area contributed by atoms with E-state index < -0.39 is 59.8 Å². The molecule has 1 fully saturated rings. The Bertz CT molecular complexity index is 1180. The molecule has 1 aliphatic rings. The van der Waals surface area contributed by atoms with Crippen LogP contribution in [0.25, 0.3) is 0 Å². The van der Waals surface area contributed by atoms with Gasteiger partial charge < -0.3 is 34.3 Å². The smallest absolute Gasteiger partial charge is 0.397 e. The Balaban J connectivity index is 2.41. The summed E-state index contributed by atoms with van der Waals surface area (Å²) in [6.45, 7) is 3.93. The van der Waals surface area contributed by atoms with Gasteiger partial charge in [-0.3, -0.25) is 9.35 Å². The molecular formula is C46H84O12S. The number of esters is 1. The Morgan fingerprint density at radius 3 is 1.63 bits per heavy atom. The van der Waals surface area contributed by atoms with Crippen molar-refractivity contribution in [3.8, 4) is 0 Å². The van der Waals surface area contributed by atoms with Crippen LogP contribution in [0.15, 0.2) is 36.5 Å². The third-order valence-corrected chi connectivity index (χ3v) is 11.0. The van der Waals surface area contributed by atoms with Crippen molar-refractivity contribution in [3.63, 3.8) is 0 Å². The van der Waals surface area contributed by atoms with Crippen LogP contribution in [0, 0.1) is 0 Å². The molecule has 13 heteroatoms. The molecule has 0 bridgehead atoms. The van der Waals surface area contributed by atoms with E-state index in [0.717, 1.165) is 57.8 Å². The molecule has 1 rings (SSSR count). The lowest BCUT2D eigenvalue weighted by Crippen LogP contribution is -2.60. The molecule has 0 amide bonds. The summed E-state index contributed by atoms with van der Waals surface area (Å²) >= 11 is 0. The van der Waals surface area contributed by atoms with E-state index in [0.29, 0.717) is 13.0 Å². The van der Waals surface area contributed by atoms with Crippen LogP contribution in [-0.2, 0) is 38.3 Å². The number of aliphatic hydroxyl groups is 3. The summed E-state index contributed by atoms with van der Waals surface area (Å²) in [7, 11) is -5.06. The highest BCUT2D eigenvalue weighted by atomic mass is 32.3. The minimum absolute atomic E-state index is 0.0307. The number of unbranched alkanes of at least 4 members (excludes halogenated alkanes) is 21. The molecule has 1 aliphatic heterocycles. The average Bonchev–Trinajstić information content (AvgIpc) is 3.20. The van der Waals surface area contributed by atoms with Crippen LogP contribution in [0.5, 0.6) is 0 Å². The van der Waals surface area contributed by atoms with E-state index in [9.17, 15) is 28.5 Å². The van der Waals surface area contributed by atoms with Gasteiger partial charge in [0, 0.05) is 13.0 Å². The predicted molar refractivity (Wildman–Crippen MR) is 234 cm³/mol. The van der Waals surface area contributed by atoms with Crippen molar-refractivity contribution in [2.45, 2.75) is 224 Å². The third-order valence-electron chi connectivity index (χ3n) is 10.5. The van der Waals surface area contributed by atoms with E-state index in [1.807, 2.05) is 0 Å². The second-order valence-electron chi connectivity index (χ2n) is 16.0. The standard InChI is InChI=1S/C46H84O12S/c1-3-5-7-9-11-13-15-17-18-19-20-21-22-23-25-27-29-31-33-35-42(48)56-40(38-54-36-34-32-30-28-26-24-16-14-12-10-8-6-4-2)39-55-46-44(50)45(58-59(51,52)53)43(49)41(37-47)57-46/h11-14,17-18,40-41,43-47,49-50H,3-10,15-16,19-39H2,1-2H3,(H,51,52,53)/b13-11-,14-12-,18-17-. The van der Waals surface area contributed by atoms with E-state index in [2.05, 4.69) is 54.5 Å². The van der Waals surface area contributed by atoms with Gasteiger partial charge in [0.2, 0.25) is 0 Å². The zero-order valence-corrected chi connectivity index (χ0v) is 37.6. The second-order valence-corrected chi connectivity index (χ2v) is 17.0. The molecule has 6 atom stereocenters. The van der Waals surface area contributed by atoms with Crippen molar-refractivity contribution >= 4 is 16.4 Å². The van der Waals surface area contributed by atoms with E-state index in [4.69, 9.17) is 23.5 Å². The zero-order valence-electron chi connectivity index (χ0n) is 36.8. The van der Waals surface area contributed by atoms with Gasteiger partial charge in [-0.15, -0.1) is 0 Å². The number of hydrogen-bond donors (Lipinski definition) is 4. The van der Waals surface area contributed by atoms with Crippen molar-refractivity contribution in [1.82, 2.24) is 0 Å². The number of ether oxygens (including phenoxy) is 4. The Hall–Kier alpha value is -1.68. The quantitative estimate of drug-likeness (QED) is 0.0199. The Morgan fingerprint density at radius 1 is 0.644 bits per heavy atom. The highest BCUT2D eigenvalue weighted by Gasteiger charge is 2.48. The lowest BCUT2D eigenvalue weighted by molar-refractivity contribution is -0.301. The molecule has 0 aliphatic carbocycles.